The molecule has 0 spiro atoms. The van der Waals surface area contributed by atoms with Crippen LogP contribution in [0.2, 0.25) is 0 Å². The van der Waals surface area contributed by atoms with E-state index in [-0.39, 0.29) is 24.1 Å². The lowest BCUT2D eigenvalue weighted by Crippen LogP contribution is -2.51. The first kappa shape index (κ1) is 13.8. The summed E-state index contributed by atoms with van der Waals surface area (Å²) in [6, 6.07) is 4.52. The Balaban J connectivity index is 2.19. The fourth-order valence-electron chi connectivity index (χ4n) is 2.00. The van der Waals surface area contributed by atoms with E-state index >= 15 is 0 Å². The van der Waals surface area contributed by atoms with E-state index in [1.54, 1.807) is 23.3 Å². The van der Waals surface area contributed by atoms with Gasteiger partial charge >= 0.3 is 0 Å². The summed E-state index contributed by atoms with van der Waals surface area (Å²) in [4.78, 5) is 24.7. The molecular formula is C12H14N2O4S. The van der Waals surface area contributed by atoms with E-state index in [0.717, 1.165) is 0 Å². The number of thioether (sulfide) groups is 1. The fourth-order valence-corrected chi connectivity index (χ4v) is 2.55. The Kier molecular flexibility index (Phi) is 4.06. The van der Waals surface area contributed by atoms with Crippen molar-refractivity contribution in [1.29, 1.82) is 0 Å². The quantitative estimate of drug-likeness (QED) is 0.512. The molecule has 1 aromatic carbocycles. The molecule has 2 rings (SSSR count). The Labute approximate surface area is 114 Å². The van der Waals surface area contributed by atoms with Gasteiger partial charge in [0.2, 0.25) is 0 Å². The molecule has 0 radical (unpaired) electrons. The van der Waals surface area contributed by atoms with Gasteiger partial charge < -0.3 is 10.0 Å². The maximum absolute atomic E-state index is 12.1. The van der Waals surface area contributed by atoms with E-state index in [0.29, 0.717) is 23.5 Å². The van der Waals surface area contributed by atoms with Crippen molar-refractivity contribution in [3.63, 3.8) is 0 Å². The average molecular weight is 282 g/mol. The first-order valence-electron chi connectivity index (χ1n) is 5.79. The predicted octanol–water partition coefficient (Wildman–Crippen LogP) is 1.38. The summed E-state index contributed by atoms with van der Waals surface area (Å²) in [5, 5.41) is 19.9. The van der Waals surface area contributed by atoms with E-state index in [2.05, 4.69) is 0 Å². The summed E-state index contributed by atoms with van der Waals surface area (Å²) in [6.07, 6.45) is 1.76. The average Bonchev–Trinajstić information content (AvgIpc) is 2.36. The molecule has 7 heteroatoms. The van der Waals surface area contributed by atoms with Gasteiger partial charge in [0.1, 0.15) is 0 Å². The number of nitrogens with zero attached hydrogens (tertiary/aromatic N) is 2. The molecule has 1 aliphatic rings. The van der Waals surface area contributed by atoms with Crippen molar-refractivity contribution >= 4 is 23.4 Å². The molecule has 6 nitrogen and oxygen atoms in total. The number of aliphatic hydroxyl groups excluding tert-OH is 1. The Bertz CT molecular complexity index is 514. The zero-order valence-corrected chi connectivity index (χ0v) is 11.2. The number of nitro benzene ring substituents is 1. The highest BCUT2D eigenvalue weighted by Gasteiger charge is 2.31. The Hall–Kier alpha value is -1.60. The molecule has 1 aromatic rings. The summed E-state index contributed by atoms with van der Waals surface area (Å²) < 4.78 is 0. The number of benzene rings is 1. The molecule has 102 valence electrons. The van der Waals surface area contributed by atoms with Gasteiger partial charge in [0.15, 0.2) is 0 Å². The molecule has 0 bridgehead atoms. The molecule has 1 fully saturated rings. The van der Waals surface area contributed by atoms with Crippen LogP contribution in [0.3, 0.4) is 0 Å². The number of hydrogen-bond donors (Lipinski definition) is 1. The molecule has 0 saturated carbocycles. The second kappa shape index (κ2) is 5.58. The van der Waals surface area contributed by atoms with Gasteiger partial charge in [-0.15, -0.1) is 11.8 Å². The third-order valence-corrected chi connectivity index (χ3v) is 3.91. The van der Waals surface area contributed by atoms with Gasteiger partial charge in [-0.25, -0.2) is 0 Å². The summed E-state index contributed by atoms with van der Waals surface area (Å²) in [5.74, 6) is -0.0927. The molecule has 1 aliphatic heterocycles. The van der Waals surface area contributed by atoms with Crippen molar-refractivity contribution in [3.05, 3.63) is 33.9 Å². The lowest BCUT2D eigenvalue weighted by molar-refractivity contribution is -0.387. The first-order chi connectivity index (χ1) is 9.06. The van der Waals surface area contributed by atoms with Crippen LogP contribution in [0.4, 0.5) is 5.69 Å². The summed E-state index contributed by atoms with van der Waals surface area (Å²) in [6.45, 7) is 1.08. The number of likely N-dealkylation sites (tertiary alicyclic amines) is 1. The molecule has 19 heavy (non-hydrogen) atoms. The van der Waals surface area contributed by atoms with Crippen molar-refractivity contribution in [1.82, 2.24) is 4.90 Å². The number of rotatable bonds is 4. The number of carbonyl (C=O) groups is 1. The Morgan fingerprint density at radius 3 is 2.79 bits per heavy atom. The third kappa shape index (κ3) is 2.71. The summed E-state index contributed by atoms with van der Waals surface area (Å²) in [5.41, 5.74) is 0.276. The van der Waals surface area contributed by atoms with Gasteiger partial charge in [0, 0.05) is 37.2 Å². The van der Waals surface area contributed by atoms with Crippen LogP contribution in [0, 0.1) is 16.0 Å². The zero-order valence-electron chi connectivity index (χ0n) is 10.4. The number of amides is 1. The van der Waals surface area contributed by atoms with E-state index in [1.807, 2.05) is 0 Å². The Morgan fingerprint density at radius 1 is 1.58 bits per heavy atom. The van der Waals surface area contributed by atoms with Gasteiger partial charge in [-0.2, -0.15) is 0 Å². The topological polar surface area (TPSA) is 83.7 Å². The van der Waals surface area contributed by atoms with Crippen LogP contribution in [0.5, 0.6) is 0 Å². The molecule has 0 unspecified atom stereocenters. The summed E-state index contributed by atoms with van der Waals surface area (Å²) >= 11 is 1.28. The lowest BCUT2D eigenvalue weighted by Gasteiger charge is -2.38. The maximum atomic E-state index is 12.1. The van der Waals surface area contributed by atoms with Gasteiger partial charge in [-0.05, 0) is 18.4 Å². The van der Waals surface area contributed by atoms with Crippen molar-refractivity contribution in [2.75, 3.05) is 26.0 Å². The highest BCUT2D eigenvalue weighted by molar-refractivity contribution is 7.98. The van der Waals surface area contributed by atoms with Crippen molar-refractivity contribution in [3.8, 4) is 0 Å². The fraction of sp³-hybridized carbons (Fsp3) is 0.417. The highest BCUT2D eigenvalue weighted by Crippen LogP contribution is 2.29. The van der Waals surface area contributed by atoms with E-state index < -0.39 is 4.92 Å². The number of carbonyl (C=O) groups excluding carboxylic acids is 1. The number of hydrogen-bond acceptors (Lipinski definition) is 5. The van der Waals surface area contributed by atoms with E-state index in [1.165, 1.54) is 17.8 Å². The maximum Gasteiger partial charge on any atom is 0.283 e. The molecular weight excluding hydrogens is 268 g/mol. The van der Waals surface area contributed by atoms with Crippen LogP contribution < -0.4 is 0 Å². The minimum atomic E-state index is -0.477. The minimum absolute atomic E-state index is 0.0439. The molecule has 0 aliphatic carbocycles. The smallest absolute Gasteiger partial charge is 0.283 e. The van der Waals surface area contributed by atoms with Gasteiger partial charge in [0.05, 0.1) is 9.82 Å². The van der Waals surface area contributed by atoms with Gasteiger partial charge in [-0.3, -0.25) is 14.9 Å². The van der Waals surface area contributed by atoms with Crippen LogP contribution in [0.15, 0.2) is 23.1 Å². The van der Waals surface area contributed by atoms with Crippen LogP contribution in [0.25, 0.3) is 0 Å². The number of aliphatic hydroxyl groups is 1. The van der Waals surface area contributed by atoms with Gasteiger partial charge in [-0.1, -0.05) is 0 Å². The van der Waals surface area contributed by atoms with Crippen molar-refractivity contribution in [2.45, 2.75) is 4.90 Å². The lowest BCUT2D eigenvalue weighted by atomic mass is 10.00. The predicted molar refractivity (Wildman–Crippen MR) is 71.4 cm³/mol. The van der Waals surface area contributed by atoms with Crippen molar-refractivity contribution in [2.24, 2.45) is 5.92 Å². The largest absolute Gasteiger partial charge is 0.396 e. The second-order valence-electron chi connectivity index (χ2n) is 4.40. The molecule has 0 aromatic heterocycles. The third-order valence-electron chi connectivity index (χ3n) is 3.13. The summed E-state index contributed by atoms with van der Waals surface area (Å²) in [7, 11) is 0. The van der Waals surface area contributed by atoms with Crippen LogP contribution >= 0.6 is 11.8 Å². The van der Waals surface area contributed by atoms with Crippen LogP contribution in [-0.4, -0.2) is 46.8 Å². The SMILES string of the molecule is CSc1ccc(C(=O)N2CC(CO)C2)cc1[N+](=O)[O-]. The standard InChI is InChI=1S/C12H14N2O4S/c1-19-11-3-2-9(4-10(11)14(17)18)12(16)13-5-8(6-13)7-15/h2-4,8,15H,5-7H2,1H3. The Morgan fingerprint density at radius 2 is 2.26 bits per heavy atom. The van der Waals surface area contributed by atoms with E-state index in [9.17, 15) is 14.9 Å². The molecule has 1 saturated heterocycles. The molecule has 1 amide bonds. The van der Waals surface area contributed by atoms with Crippen LogP contribution in [-0.2, 0) is 0 Å². The first-order valence-corrected chi connectivity index (χ1v) is 7.02. The second-order valence-corrected chi connectivity index (χ2v) is 5.25. The monoisotopic (exact) mass is 282 g/mol. The normalized spacial score (nSPS) is 15.2. The van der Waals surface area contributed by atoms with Gasteiger partial charge in [0.25, 0.3) is 11.6 Å². The molecule has 0 atom stereocenters. The highest BCUT2D eigenvalue weighted by atomic mass is 32.2. The minimum Gasteiger partial charge on any atom is -0.396 e. The zero-order chi connectivity index (χ0) is 14.0. The van der Waals surface area contributed by atoms with Crippen LogP contribution in [0.1, 0.15) is 10.4 Å². The number of nitro groups is 1. The molecule has 1 N–H and O–H groups in total. The van der Waals surface area contributed by atoms with Crippen molar-refractivity contribution < 1.29 is 14.8 Å². The van der Waals surface area contributed by atoms with E-state index in [4.69, 9.17) is 5.11 Å². The molecule has 1 heterocycles.